The summed E-state index contributed by atoms with van der Waals surface area (Å²) in [7, 11) is 0. The van der Waals surface area contributed by atoms with Crippen molar-refractivity contribution < 1.29 is 4.79 Å². The van der Waals surface area contributed by atoms with Crippen molar-refractivity contribution in [1.29, 1.82) is 0 Å². The number of rotatable bonds is 5. The molecule has 1 saturated heterocycles. The second-order valence-corrected chi connectivity index (χ2v) is 6.21. The molecule has 1 N–H and O–H groups in total. The highest BCUT2D eigenvalue weighted by Crippen LogP contribution is 2.17. The quantitative estimate of drug-likeness (QED) is 0.887. The molecule has 18 heavy (non-hydrogen) atoms. The van der Waals surface area contributed by atoms with Crippen molar-refractivity contribution in [3.05, 3.63) is 22.4 Å². The molecule has 1 aromatic rings. The van der Waals surface area contributed by atoms with Gasteiger partial charge in [-0.2, -0.15) is 11.3 Å². The molecule has 0 bridgehead atoms. The molecule has 0 saturated carbocycles. The predicted molar refractivity (Wildman–Crippen MR) is 75.6 cm³/mol. The molecule has 1 amide bonds. The smallest absolute Gasteiger partial charge is 0.227 e. The fourth-order valence-corrected chi connectivity index (χ4v) is 3.06. The zero-order chi connectivity index (χ0) is 13.0. The number of thiophene rings is 1. The van der Waals surface area contributed by atoms with Crippen LogP contribution in [0.5, 0.6) is 0 Å². The maximum atomic E-state index is 12.5. The lowest BCUT2D eigenvalue weighted by Gasteiger charge is -2.27. The van der Waals surface area contributed by atoms with Crippen LogP contribution in [0.1, 0.15) is 25.8 Å². The van der Waals surface area contributed by atoms with Crippen molar-refractivity contribution in [2.75, 3.05) is 19.6 Å². The van der Waals surface area contributed by atoms with E-state index in [1.165, 1.54) is 5.56 Å². The van der Waals surface area contributed by atoms with Gasteiger partial charge in [-0.15, -0.1) is 0 Å². The first kappa shape index (κ1) is 13.6. The van der Waals surface area contributed by atoms with Crippen LogP contribution in [0.25, 0.3) is 0 Å². The normalized spacial score (nSPS) is 19.4. The molecule has 1 aromatic heterocycles. The summed E-state index contributed by atoms with van der Waals surface area (Å²) in [6.07, 6.45) is 0.983. The van der Waals surface area contributed by atoms with Crippen LogP contribution in [-0.2, 0) is 11.3 Å². The van der Waals surface area contributed by atoms with Crippen molar-refractivity contribution in [3.63, 3.8) is 0 Å². The first-order chi connectivity index (χ1) is 8.66. The van der Waals surface area contributed by atoms with E-state index in [1.54, 1.807) is 11.3 Å². The Balaban J connectivity index is 2.01. The van der Waals surface area contributed by atoms with Gasteiger partial charge in [-0.25, -0.2) is 0 Å². The average molecular weight is 266 g/mol. The van der Waals surface area contributed by atoms with Gasteiger partial charge in [-0.3, -0.25) is 4.79 Å². The number of carbonyl (C=O) groups excluding carboxylic acids is 1. The van der Waals surface area contributed by atoms with Crippen LogP contribution < -0.4 is 5.32 Å². The van der Waals surface area contributed by atoms with Gasteiger partial charge in [0, 0.05) is 19.6 Å². The SMILES string of the molecule is CC(C)CN(Cc1ccsc1)C(=O)[C@@H]1CCNC1. The molecule has 0 aromatic carbocycles. The van der Waals surface area contributed by atoms with E-state index in [4.69, 9.17) is 0 Å². The highest BCUT2D eigenvalue weighted by molar-refractivity contribution is 7.07. The van der Waals surface area contributed by atoms with Crippen LogP contribution in [0.2, 0.25) is 0 Å². The summed E-state index contributed by atoms with van der Waals surface area (Å²) < 4.78 is 0. The average Bonchev–Trinajstić information content (AvgIpc) is 2.99. The highest BCUT2D eigenvalue weighted by Gasteiger charge is 2.27. The minimum Gasteiger partial charge on any atom is -0.338 e. The van der Waals surface area contributed by atoms with E-state index in [1.807, 2.05) is 4.90 Å². The van der Waals surface area contributed by atoms with Gasteiger partial charge in [0.15, 0.2) is 0 Å². The Morgan fingerprint density at radius 1 is 1.61 bits per heavy atom. The van der Waals surface area contributed by atoms with Crippen LogP contribution in [0.15, 0.2) is 16.8 Å². The fourth-order valence-electron chi connectivity index (χ4n) is 2.40. The summed E-state index contributed by atoms with van der Waals surface area (Å²) in [5.74, 6) is 1.02. The minimum absolute atomic E-state index is 0.183. The van der Waals surface area contributed by atoms with Gasteiger partial charge in [-0.1, -0.05) is 13.8 Å². The fraction of sp³-hybridized carbons (Fsp3) is 0.643. The third-order valence-corrected chi connectivity index (χ3v) is 3.99. The monoisotopic (exact) mass is 266 g/mol. The summed E-state index contributed by atoms with van der Waals surface area (Å²) in [6.45, 7) is 7.77. The number of hydrogen-bond acceptors (Lipinski definition) is 3. The van der Waals surface area contributed by atoms with E-state index in [2.05, 4.69) is 36.0 Å². The minimum atomic E-state index is 0.183. The Labute approximate surface area is 113 Å². The summed E-state index contributed by atoms with van der Waals surface area (Å²) >= 11 is 1.69. The van der Waals surface area contributed by atoms with Gasteiger partial charge in [0.1, 0.15) is 0 Å². The topological polar surface area (TPSA) is 32.3 Å². The molecular weight excluding hydrogens is 244 g/mol. The number of amides is 1. The highest BCUT2D eigenvalue weighted by atomic mass is 32.1. The maximum absolute atomic E-state index is 12.5. The molecule has 0 aliphatic carbocycles. The second kappa shape index (κ2) is 6.34. The Morgan fingerprint density at radius 3 is 3.00 bits per heavy atom. The van der Waals surface area contributed by atoms with Crippen LogP contribution in [0.3, 0.4) is 0 Å². The van der Waals surface area contributed by atoms with Gasteiger partial charge in [0.25, 0.3) is 0 Å². The molecule has 1 atom stereocenters. The van der Waals surface area contributed by atoms with Gasteiger partial charge >= 0.3 is 0 Å². The molecule has 1 aliphatic heterocycles. The lowest BCUT2D eigenvalue weighted by atomic mass is 10.1. The molecule has 0 radical (unpaired) electrons. The van der Waals surface area contributed by atoms with E-state index in [-0.39, 0.29) is 5.92 Å². The lowest BCUT2D eigenvalue weighted by molar-refractivity contribution is -0.136. The molecule has 100 valence electrons. The van der Waals surface area contributed by atoms with Gasteiger partial charge in [0.2, 0.25) is 5.91 Å². The van der Waals surface area contributed by atoms with Crippen molar-refractivity contribution in [2.45, 2.75) is 26.8 Å². The summed E-state index contributed by atoms with van der Waals surface area (Å²) in [5, 5.41) is 7.48. The first-order valence-corrected chi connectivity index (χ1v) is 7.61. The first-order valence-electron chi connectivity index (χ1n) is 6.67. The van der Waals surface area contributed by atoms with Gasteiger partial charge in [0.05, 0.1) is 5.92 Å². The lowest BCUT2D eigenvalue weighted by Crippen LogP contribution is -2.38. The van der Waals surface area contributed by atoms with E-state index >= 15 is 0 Å². The van der Waals surface area contributed by atoms with Crippen molar-refractivity contribution in [2.24, 2.45) is 11.8 Å². The molecule has 0 spiro atoms. The van der Waals surface area contributed by atoms with Crippen molar-refractivity contribution in [1.82, 2.24) is 10.2 Å². The zero-order valence-electron chi connectivity index (χ0n) is 11.2. The van der Waals surface area contributed by atoms with Crippen LogP contribution in [0, 0.1) is 11.8 Å². The van der Waals surface area contributed by atoms with E-state index in [9.17, 15) is 4.79 Å². The summed E-state index contributed by atoms with van der Waals surface area (Å²) in [4.78, 5) is 14.5. The molecule has 2 rings (SSSR count). The molecule has 3 nitrogen and oxygen atoms in total. The molecule has 2 heterocycles. The van der Waals surface area contributed by atoms with E-state index in [0.717, 1.165) is 32.6 Å². The summed E-state index contributed by atoms with van der Waals surface area (Å²) in [5.41, 5.74) is 1.25. The van der Waals surface area contributed by atoms with Gasteiger partial charge in [-0.05, 0) is 41.3 Å². The van der Waals surface area contributed by atoms with E-state index in [0.29, 0.717) is 11.8 Å². The summed E-state index contributed by atoms with van der Waals surface area (Å²) in [6, 6.07) is 2.11. The molecule has 1 fully saturated rings. The largest absolute Gasteiger partial charge is 0.338 e. The molecule has 4 heteroatoms. The maximum Gasteiger partial charge on any atom is 0.227 e. The Hall–Kier alpha value is -0.870. The Kier molecular flexibility index (Phi) is 4.78. The Morgan fingerprint density at radius 2 is 2.44 bits per heavy atom. The van der Waals surface area contributed by atoms with Crippen LogP contribution in [-0.4, -0.2) is 30.4 Å². The number of nitrogens with zero attached hydrogens (tertiary/aromatic N) is 1. The van der Waals surface area contributed by atoms with Crippen molar-refractivity contribution in [3.8, 4) is 0 Å². The van der Waals surface area contributed by atoms with E-state index < -0.39 is 0 Å². The number of nitrogens with one attached hydrogen (secondary N) is 1. The predicted octanol–water partition coefficient (Wildman–Crippen LogP) is 2.34. The number of carbonyl (C=O) groups is 1. The number of hydrogen-bond donors (Lipinski definition) is 1. The Bertz CT molecular complexity index is 369. The zero-order valence-corrected chi connectivity index (χ0v) is 12.0. The van der Waals surface area contributed by atoms with Crippen LogP contribution in [0.4, 0.5) is 0 Å². The van der Waals surface area contributed by atoms with Crippen molar-refractivity contribution >= 4 is 17.2 Å². The molecule has 1 aliphatic rings. The molecular formula is C14H22N2OS. The van der Waals surface area contributed by atoms with Gasteiger partial charge < -0.3 is 10.2 Å². The third kappa shape index (κ3) is 3.56. The van der Waals surface area contributed by atoms with Crippen LogP contribution >= 0.6 is 11.3 Å². The third-order valence-electron chi connectivity index (χ3n) is 3.26. The second-order valence-electron chi connectivity index (χ2n) is 5.43. The standard InChI is InChI=1S/C14H22N2OS/c1-11(2)8-16(9-12-4-6-18-10-12)14(17)13-3-5-15-7-13/h4,6,10-11,13,15H,3,5,7-9H2,1-2H3/t13-/m1/s1. The molecule has 0 unspecified atom stereocenters.